The maximum Gasteiger partial charge on any atom is 0.193 e. The summed E-state index contributed by atoms with van der Waals surface area (Å²) in [7, 11) is 3.60. The van der Waals surface area contributed by atoms with Crippen molar-refractivity contribution in [3.63, 3.8) is 0 Å². The lowest BCUT2D eigenvalue weighted by Gasteiger charge is -2.34. The number of ether oxygens (including phenoxy) is 3. The number of fused-ring (bicyclic) bond motifs is 1. The molecule has 1 fully saturated rings. The zero-order chi connectivity index (χ0) is 21.0. The second-order valence-corrected chi connectivity index (χ2v) is 8.18. The highest BCUT2D eigenvalue weighted by Crippen LogP contribution is 2.32. The lowest BCUT2D eigenvalue weighted by atomic mass is 9.89. The highest BCUT2D eigenvalue weighted by atomic mass is 16.5. The van der Waals surface area contributed by atoms with E-state index in [1.807, 2.05) is 7.05 Å². The van der Waals surface area contributed by atoms with Gasteiger partial charge in [-0.05, 0) is 56.1 Å². The summed E-state index contributed by atoms with van der Waals surface area (Å²) in [5, 5.41) is 3.51. The van der Waals surface area contributed by atoms with Gasteiger partial charge in [0.2, 0.25) is 0 Å². The Morgan fingerprint density at radius 1 is 1.07 bits per heavy atom. The molecule has 0 aromatic heterocycles. The number of aryl methyl sites for hydroxylation is 1. The number of likely N-dealkylation sites (tertiary alicyclic amines) is 1. The summed E-state index contributed by atoms with van der Waals surface area (Å²) in [6, 6.07) is 8.72. The minimum Gasteiger partial charge on any atom is -0.385 e. The van der Waals surface area contributed by atoms with Gasteiger partial charge in [0, 0.05) is 53.6 Å². The molecule has 2 aliphatic rings. The summed E-state index contributed by atoms with van der Waals surface area (Å²) in [6.07, 6.45) is 8.22. The summed E-state index contributed by atoms with van der Waals surface area (Å²) in [5.74, 6) is 0.996. The van der Waals surface area contributed by atoms with Crippen molar-refractivity contribution in [2.45, 2.75) is 57.2 Å². The number of hydrogen-bond acceptors (Lipinski definition) is 4. The molecule has 1 saturated heterocycles. The summed E-state index contributed by atoms with van der Waals surface area (Å²) in [4.78, 5) is 6.81. The van der Waals surface area contributed by atoms with Crippen LogP contribution in [0.4, 0.5) is 0 Å². The van der Waals surface area contributed by atoms with Crippen LogP contribution in [0.25, 0.3) is 0 Å². The van der Waals surface area contributed by atoms with Gasteiger partial charge in [0.15, 0.2) is 5.96 Å². The van der Waals surface area contributed by atoms with E-state index in [9.17, 15) is 0 Å². The van der Waals surface area contributed by atoms with Crippen molar-refractivity contribution < 1.29 is 14.2 Å². The first-order valence-electron chi connectivity index (χ1n) is 11.6. The number of nitrogens with one attached hydrogen (secondary N) is 1. The Labute approximate surface area is 182 Å². The molecule has 1 aliphatic heterocycles. The van der Waals surface area contributed by atoms with Crippen LogP contribution in [-0.4, -0.2) is 70.6 Å². The van der Waals surface area contributed by atoms with Gasteiger partial charge in [-0.1, -0.05) is 24.3 Å². The Morgan fingerprint density at radius 2 is 1.87 bits per heavy atom. The van der Waals surface area contributed by atoms with Crippen molar-refractivity contribution in [3.05, 3.63) is 35.4 Å². The highest BCUT2D eigenvalue weighted by Gasteiger charge is 2.22. The molecule has 6 nitrogen and oxygen atoms in total. The molecule has 0 amide bonds. The van der Waals surface area contributed by atoms with Gasteiger partial charge in [-0.2, -0.15) is 0 Å². The molecule has 1 unspecified atom stereocenters. The number of methoxy groups -OCH3 is 1. The summed E-state index contributed by atoms with van der Waals surface area (Å²) in [5.41, 5.74) is 2.85. The number of guanidine groups is 1. The maximum atomic E-state index is 6.22. The van der Waals surface area contributed by atoms with Gasteiger partial charge in [0.1, 0.15) is 0 Å². The molecule has 6 heteroatoms. The topological polar surface area (TPSA) is 55.3 Å². The zero-order valence-electron chi connectivity index (χ0n) is 18.8. The van der Waals surface area contributed by atoms with E-state index >= 15 is 0 Å². The van der Waals surface area contributed by atoms with E-state index in [-0.39, 0.29) is 6.10 Å². The van der Waals surface area contributed by atoms with Gasteiger partial charge >= 0.3 is 0 Å². The Kier molecular flexibility index (Phi) is 9.93. The van der Waals surface area contributed by atoms with Crippen LogP contribution in [0.1, 0.15) is 55.8 Å². The fourth-order valence-corrected chi connectivity index (χ4v) is 4.40. The van der Waals surface area contributed by atoms with Crippen molar-refractivity contribution >= 4 is 5.96 Å². The third-order valence-corrected chi connectivity index (χ3v) is 6.04. The van der Waals surface area contributed by atoms with Gasteiger partial charge in [0.25, 0.3) is 0 Å². The van der Waals surface area contributed by atoms with Gasteiger partial charge in [0.05, 0.1) is 12.2 Å². The van der Waals surface area contributed by atoms with Gasteiger partial charge in [-0.3, -0.25) is 4.99 Å². The molecule has 1 aromatic rings. The molecular formula is C24H39N3O3. The second-order valence-electron chi connectivity index (χ2n) is 8.18. The molecule has 168 valence electrons. The van der Waals surface area contributed by atoms with Crippen LogP contribution in [0, 0.1) is 0 Å². The van der Waals surface area contributed by atoms with Gasteiger partial charge < -0.3 is 24.4 Å². The smallest absolute Gasteiger partial charge is 0.193 e. The summed E-state index contributed by atoms with van der Waals surface area (Å²) in [6.45, 7) is 5.20. The number of aliphatic imine (C=N–C) groups is 1. The monoisotopic (exact) mass is 417 g/mol. The SMILES string of the molecule is CN=C(NCCCOC1CCCc2ccccc21)N1CCC(OCCCOC)CC1. The van der Waals surface area contributed by atoms with E-state index in [0.717, 1.165) is 77.5 Å². The maximum absolute atomic E-state index is 6.22. The standard InChI is InChI=1S/C24H39N3O3/c1-25-24(27-15-12-21(13-16-27)29-19-7-17-28-2)26-14-6-18-30-23-11-5-9-20-8-3-4-10-22(20)23/h3-4,8,10,21,23H,5-7,9,11-19H2,1-2H3,(H,25,26). The Bertz CT molecular complexity index is 644. The van der Waals surface area contributed by atoms with Crippen molar-refractivity contribution in [2.24, 2.45) is 4.99 Å². The average Bonchev–Trinajstić information content (AvgIpc) is 2.80. The average molecular weight is 418 g/mol. The Morgan fingerprint density at radius 3 is 2.67 bits per heavy atom. The molecule has 1 N–H and O–H groups in total. The molecule has 0 spiro atoms. The predicted octanol–water partition coefficient (Wildman–Crippen LogP) is 3.56. The van der Waals surface area contributed by atoms with Crippen LogP contribution in [0.5, 0.6) is 0 Å². The molecule has 1 aliphatic carbocycles. The first-order chi connectivity index (χ1) is 14.8. The summed E-state index contributed by atoms with van der Waals surface area (Å²) >= 11 is 0. The third kappa shape index (κ3) is 6.96. The van der Waals surface area contributed by atoms with Crippen LogP contribution in [0.2, 0.25) is 0 Å². The van der Waals surface area contributed by atoms with Crippen molar-refractivity contribution in [3.8, 4) is 0 Å². The van der Waals surface area contributed by atoms with E-state index in [1.54, 1.807) is 7.11 Å². The van der Waals surface area contributed by atoms with Crippen molar-refractivity contribution in [1.29, 1.82) is 0 Å². The van der Waals surface area contributed by atoms with E-state index in [4.69, 9.17) is 14.2 Å². The van der Waals surface area contributed by atoms with Gasteiger partial charge in [-0.25, -0.2) is 0 Å². The number of piperidine rings is 1. The third-order valence-electron chi connectivity index (χ3n) is 6.04. The van der Waals surface area contributed by atoms with Crippen molar-refractivity contribution in [2.75, 3.05) is 53.6 Å². The van der Waals surface area contributed by atoms with E-state index in [0.29, 0.717) is 6.10 Å². The molecule has 1 atom stereocenters. The number of benzene rings is 1. The fourth-order valence-electron chi connectivity index (χ4n) is 4.40. The molecular weight excluding hydrogens is 378 g/mol. The van der Waals surface area contributed by atoms with Crippen LogP contribution in [0.3, 0.4) is 0 Å². The van der Waals surface area contributed by atoms with Gasteiger partial charge in [-0.15, -0.1) is 0 Å². The molecule has 1 aromatic carbocycles. The van der Waals surface area contributed by atoms with E-state index < -0.39 is 0 Å². The first-order valence-corrected chi connectivity index (χ1v) is 11.6. The van der Waals surface area contributed by atoms with Crippen LogP contribution < -0.4 is 5.32 Å². The van der Waals surface area contributed by atoms with Crippen LogP contribution >= 0.6 is 0 Å². The molecule has 1 heterocycles. The van der Waals surface area contributed by atoms with Crippen molar-refractivity contribution in [1.82, 2.24) is 10.2 Å². The first kappa shape index (κ1) is 23.0. The minimum absolute atomic E-state index is 0.261. The number of nitrogens with zero attached hydrogens (tertiary/aromatic N) is 2. The lowest BCUT2D eigenvalue weighted by Crippen LogP contribution is -2.47. The highest BCUT2D eigenvalue weighted by molar-refractivity contribution is 5.79. The minimum atomic E-state index is 0.261. The Balaban J connectivity index is 1.30. The van der Waals surface area contributed by atoms with E-state index in [1.165, 1.54) is 24.0 Å². The number of hydrogen-bond donors (Lipinski definition) is 1. The van der Waals surface area contributed by atoms with E-state index in [2.05, 4.69) is 39.5 Å². The quantitative estimate of drug-likeness (QED) is 0.358. The fraction of sp³-hybridized carbons (Fsp3) is 0.708. The van der Waals surface area contributed by atoms with Crippen LogP contribution in [0.15, 0.2) is 29.3 Å². The summed E-state index contributed by atoms with van der Waals surface area (Å²) < 4.78 is 17.3. The van der Waals surface area contributed by atoms with Crippen LogP contribution in [-0.2, 0) is 20.6 Å². The number of rotatable bonds is 10. The largest absolute Gasteiger partial charge is 0.385 e. The molecule has 0 bridgehead atoms. The zero-order valence-corrected chi connectivity index (χ0v) is 18.8. The molecule has 0 saturated carbocycles. The molecule has 3 rings (SSSR count). The second kappa shape index (κ2) is 12.9. The Hall–Kier alpha value is -1.63. The molecule has 0 radical (unpaired) electrons. The predicted molar refractivity (Wildman–Crippen MR) is 121 cm³/mol. The normalized spacial score (nSPS) is 20.3. The molecule has 30 heavy (non-hydrogen) atoms. The lowest BCUT2D eigenvalue weighted by molar-refractivity contribution is 0.00985.